The molecule has 0 spiro atoms. The van der Waals surface area contributed by atoms with Gasteiger partial charge in [-0.3, -0.25) is 0 Å². The molecule has 2 heteroatoms. The smallest absolute Gasteiger partial charge is 0.0456 e. The fourth-order valence-electron chi connectivity index (χ4n) is 0.304. The molecule has 0 saturated heterocycles. The van der Waals surface area contributed by atoms with Gasteiger partial charge in [-0.05, 0) is 0 Å². The molecule has 1 aliphatic heterocycles. The van der Waals surface area contributed by atoms with E-state index in [9.17, 15) is 0 Å². The van der Waals surface area contributed by atoms with Gasteiger partial charge >= 0.3 is 0 Å². The van der Waals surface area contributed by atoms with Gasteiger partial charge in [0, 0.05) is 18.3 Å². The predicted molar refractivity (Wildman–Crippen MR) is 32.8 cm³/mol. The number of hydrogen-bond donors (Lipinski definition) is 0. The molecule has 0 saturated carbocycles. The van der Waals surface area contributed by atoms with Crippen molar-refractivity contribution < 1.29 is 0 Å². The Labute approximate surface area is 41.8 Å². The van der Waals surface area contributed by atoms with E-state index in [1.165, 1.54) is 0 Å². The van der Waals surface area contributed by atoms with Crippen LogP contribution < -0.4 is 0 Å². The lowest BCUT2D eigenvalue weighted by Gasteiger charge is -1.75. The summed E-state index contributed by atoms with van der Waals surface area (Å²) in [6.07, 6.45) is 2.14. The van der Waals surface area contributed by atoms with Crippen LogP contribution in [0.3, 0.4) is 0 Å². The lowest BCUT2D eigenvalue weighted by Crippen LogP contribution is -1.92. The molecule has 6 heavy (non-hydrogen) atoms. The van der Waals surface area contributed by atoms with Crippen LogP contribution in [0.2, 0.25) is 0 Å². The zero-order chi connectivity index (χ0) is 4.24. The molecule has 0 bridgehead atoms. The second kappa shape index (κ2) is 2.15. The van der Waals surface area contributed by atoms with Gasteiger partial charge in [0.1, 0.15) is 0 Å². The average Bonchev–Trinajstić information content (AvgIpc) is 1.72. The van der Waals surface area contributed by atoms with E-state index in [1.807, 2.05) is 0 Å². The first kappa shape index (κ1) is 4.08. The third-order valence-corrected chi connectivity index (χ3v) is 2.65. The van der Waals surface area contributed by atoms with Crippen LogP contribution in [-0.2, 0) is 0 Å². The Balaban J connectivity index is 2.77. The van der Waals surface area contributed by atoms with E-state index in [0.29, 0.717) is 0 Å². The Bertz CT molecular complexity index is 74.9. The van der Waals surface area contributed by atoms with Crippen LogP contribution in [0.1, 0.15) is 0 Å². The molecule has 0 aromatic heterocycles. The van der Waals surface area contributed by atoms with Crippen molar-refractivity contribution >= 4 is 29.2 Å². The molecule has 1 aliphatic rings. The molecule has 1 heterocycles. The summed E-state index contributed by atoms with van der Waals surface area (Å²) in [6, 6.07) is 0. The van der Waals surface area contributed by atoms with Crippen molar-refractivity contribution in [1.82, 2.24) is 0 Å². The fraction of sp³-hybridized carbons (Fsp3) is 0. The third-order valence-electron chi connectivity index (χ3n) is 0.552. The minimum atomic E-state index is 0.977. The van der Waals surface area contributed by atoms with Crippen LogP contribution >= 0.6 is 0 Å². The van der Waals surface area contributed by atoms with Gasteiger partial charge in [0.05, 0.1) is 0 Å². The fourth-order valence-corrected chi connectivity index (χ4v) is 2.07. The van der Waals surface area contributed by atoms with Crippen LogP contribution in [0, 0.1) is 0 Å². The zero-order valence-electron chi connectivity index (χ0n) is 3.31. The van der Waals surface area contributed by atoms with Crippen LogP contribution in [0.5, 0.6) is 0 Å². The molecule has 1 rings (SSSR count). The normalized spacial score (nSPS) is 16.0. The summed E-state index contributed by atoms with van der Waals surface area (Å²) in [4.78, 5) is 0. The highest BCUT2D eigenvalue weighted by Crippen LogP contribution is 1.59. The molecule has 0 aliphatic carbocycles. The van der Waals surface area contributed by atoms with Crippen LogP contribution in [-0.4, -0.2) is 29.2 Å². The van der Waals surface area contributed by atoms with E-state index in [1.54, 1.807) is 0 Å². The molecule has 0 atom stereocenters. The standard InChI is InChI=1S/C4H4Si2/c1-2-5-4-6-3-1/h1-4H. The summed E-state index contributed by atoms with van der Waals surface area (Å²) in [7, 11) is 1.95. The van der Waals surface area contributed by atoms with Crippen LogP contribution in [0.4, 0.5) is 0 Å². The highest BCUT2D eigenvalue weighted by atomic mass is 28.2. The minimum Gasteiger partial charge on any atom is -0.0921 e. The first-order valence-corrected chi connectivity index (χ1v) is 4.13. The molecule has 0 aromatic carbocycles. The first-order valence-electron chi connectivity index (χ1n) is 1.82. The largest absolute Gasteiger partial charge is 0.0921 e. The Morgan fingerprint density at radius 1 is 1.17 bits per heavy atom. The Hall–Kier alpha value is -0.0862. The maximum absolute atomic E-state index is 2.31. The van der Waals surface area contributed by atoms with Gasteiger partial charge in [-0.2, -0.15) is 0 Å². The molecule has 0 N–H and O–H groups in total. The number of rotatable bonds is 0. The SMILES string of the molecule is C1=C[Si]=C[Si]=C1. The first-order chi connectivity index (χ1) is 3.00. The third kappa shape index (κ3) is 0.950. The van der Waals surface area contributed by atoms with Gasteiger partial charge in [-0.25, -0.2) is 0 Å². The second-order valence-electron chi connectivity index (χ2n) is 1.00. The van der Waals surface area contributed by atoms with E-state index in [2.05, 4.69) is 22.7 Å². The lowest BCUT2D eigenvalue weighted by atomic mass is 10.8. The van der Waals surface area contributed by atoms with Crippen molar-refractivity contribution in [2.24, 2.45) is 0 Å². The molecular weight excluding hydrogens is 104 g/mol. The maximum Gasteiger partial charge on any atom is 0.0456 e. The summed E-state index contributed by atoms with van der Waals surface area (Å²) in [5.41, 5.74) is 4.38. The Morgan fingerprint density at radius 3 is 2.33 bits per heavy atom. The van der Waals surface area contributed by atoms with Crippen LogP contribution in [0.25, 0.3) is 0 Å². The van der Waals surface area contributed by atoms with Gasteiger partial charge in [-0.1, -0.05) is 22.7 Å². The highest BCUT2D eigenvalue weighted by molar-refractivity contribution is 6.89. The van der Waals surface area contributed by atoms with Gasteiger partial charge in [0.25, 0.3) is 0 Å². The molecule has 0 unspecified atom stereocenters. The van der Waals surface area contributed by atoms with E-state index in [-0.39, 0.29) is 0 Å². The van der Waals surface area contributed by atoms with Gasteiger partial charge in [0.2, 0.25) is 0 Å². The van der Waals surface area contributed by atoms with Crippen molar-refractivity contribution in [2.45, 2.75) is 0 Å². The van der Waals surface area contributed by atoms with Crippen molar-refractivity contribution in [1.29, 1.82) is 0 Å². The van der Waals surface area contributed by atoms with E-state index < -0.39 is 0 Å². The van der Waals surface area contributed by atoms with Crippen molar-refractivity contribution in [2.75, 3.05) is 0 Å². The molecule has 0 fully saturated rings. The quantitative estimate of drug-likeness (QED) is 0.366. The number of allylic oxidation sites excluding steroid dienone is 1. The monoisotopic (exact) mass is 108 g/mol. The van der Waals surface area contributed by atoms with Crippen LogP contribution in [0.15, 0.2) is 11.8 Å². The molecule has 28 valence electrons. The van der Waals surface area contributed by atoms with Crippen molar-refractivity contribution in [3.63, 3.8) is 0 Å². The molecule has 0 aromatic rings. The summed E-state index contributed by atoms with van der Waals surface area (Å²) >= 11 is 0. The van der Waals surface area contributed by atoms with E-state index in [0.717, 1.165) is 18.3 Å². The minimum absolute atomic E-state index is 0.977. The molecular formula is C4H4Si2. The second-order valence-corrected chi connectivity index (χ2v) is 3.49. The maximum atomic E-state index is 2.31. The summed E-state index contributed by atoms with van der Waals surface area (Å²) in [5, 5.41) is 2.31. The molecule has 0 nitrogen and oxygen atoms in total. The summed E-state index contributed by atoms with van der Waals surface area (Å²) < 4.78 is 0. The zero-order valence-corrected chi connectivity index (χ0v) is 5.31. The summed E-state index contributed by atoms with van der Waals surface area (Å²) in [6.45, 7) is 0. The Morgan fingerprint density at radius 2 is 2.17 bits per heavy atom. The number of hydrogen-bond acceptors (Lipinski definition) is 0. The molecule has 2 radical (unpaired) electrons. The van der Waals surface area contributed by atoms with Gasteiger partial charge in [0.15, 0.2) is 0 Å². The van der Waals surface area contributed by atoms with Crippen molar-refractivity contribution in [3.8, 4) is 0 Å². The topological polar surface area (TPSA) is 0 Å². The Kier molecular flexibility index (Phi) is 1.46. The van der Waals surface area contributed by atoms with E-state index in [4.69, 9.17) is 0 Å². The highest BCUT2D eigenvalue weighted by Gasteiger charge is 1.67. The summed E-state index contributed by atoms with van der Waals surface area (Å²) in [5.74, 6) is 0. The lowest BCUT2D eigenvalue weighted by molar-refractivity contribution is 2.43. The van der Waals surface area contributed by atoms with E-state index >= 15 is 0 Å². The van der Waals surface area contributed by atoms with Gasteiger partial charge in [-0.15, -0.1) is 0 Å². The predicted octanol–water partition coefficient (Wildman–Crippen LogP) is -0.516. The molecule has 0 amide bonds. The van der Waals surface area contributed by atoms with Gasteiger partial charge < -0.3 is 0 Å². The average molecular weight is 108 g/mol. The van der Waals surface area contributed by atoms with Crippen molar-refractivity contribution in [3.05, 3.63) is 11.8 Å².